The summed E-state index contributed by atoms with van der Waals surface area (Å²) in [5, 5.41) is 10.8. The predicted octanol–water partition coefficient (Wildman–Crippen LogP) is 3.68. The van der Waals surface area contributed by atoms with Crippen molar-refractivity contribution >= 4 is 0 Å². The minimum absolute atomic E-state index is 0.255. The molecule has 2 atom stereocenters. The molecular weight excluding hydrogens is 241 g/mol. The molecule has 1 rings (SSSR count). The molecule has 0 bridgehead atoms. The van der Waals surface area contributed by atoms with Crippen LogP contribution in [0.4, 0.5) is 4.39 Å². The third-order valence-electron chi connectivity index (χ3n) is 4.32. The van der Waals surface area contributed by atoms with Gasteiger partial charge in [-0.3, -0.25) is 4.90 Å². The van der Waals surface area contributed by atoms with Gasteiger partial charge in [0, 0.05) is 5.54 Å². The Kier molecular flexibility index (Phi) is 5.50. The van der Waals surface area contributed by atoms with E-state index in [0.717, 1.165) is 30.6 Å². The monoisotopic (exact) mass is 267 g/mol. The number of rotatable bonds is 6. The van der Waals surface area contributed by atoms with Gasteiger partial charge in [0.05, 0.1) is 6.10 Å². The lowest BCUT2D eigenvalue weighted by Crippen LogP contribution is -2.50. The smallest absolute Gasteiger partial charge is 0.123 e. The van der Waals surface area contributed by atoms with Gasteiger partial charge in [-0.2, -0.15) is 0 Å². The Morgan fingerprint density at radius 2 is 1.84 bits per heavy atom. The second-order valence-corrected chi connectivity index (χ2v) is 5.29. The van der Waals surface area contributed by atoms with E-state index in [4.69, 9.17) is 0 Å². The van der Waals surface area contributed by atoms with Crippen molar-refractivity contribution in [1.29, 1.82) is 0 Å². The summed E-state index contributed by atoms with van der Waals surface area (Å²) in [5.74, 6) is -0.255. The molecule has 1 aromatic rings. The highest BCUT2D eigenvalue weighted by Crippen LogP contribution is 2.35. The number of nitrogens with zero attached hydrogens (tertiary/aromatic N) is 1. The summed E-state index contributed by atoms with van der Waals surface area (Å²) >= 11 is 0. The van der Waals surface area contributed by atoms with E-state index in [1.54, 1.807) is 6.07 Å². The van der Waals surface area contributed by atoms with Gasteiger partial charge in [-0.15, -0.1) is 0 Å². The number of aliphatic hydroxyl groups is 1. The number of hydrogen-bond donors (Lipinski definition) is 1. The lowest BCUT2D eigenvalue weighted by atomic mass is 9.83. The molecule has 19 heavy (non-hydrogen) atoms. The van der Waals surface area contributed by atoms with Crippen molar-refractivity contribution in [2.24, 2.45) is 0 Å². The van der Waals surface area contributed by atoms with Crippen LogP contribution in [-0.4, -0.2) is 28.6 Å². The number of hydrogen-bond acceptors (Lipinski definition) is 2. The maximum atomic E-state index is 13.2. The van der Waals surface area contributed by atoms with Crippen molar-refractivity contribution in [1.82, 2.24) is 4.90 Å². The van der Waals surface area contributed by atoms with E-state index in [-0.39, 0.29) is 11.4 Å². The highest BCUT2D eigenvalue weighted by atomic mass is 19.1. The van der Waals surface area contributed by atoms with Crippen LogP contribution in [-0.2, 0) is 0 Å². The van der Waals surface area contributed by atoms with E-state index in [1.165, 1.54) is 12.1 Å². The molecule has 0 spiro atoms. The summed E-state index contributed by atoms with van der Waals surface area (Å²) in [6.07, 6.45) is 0.227. The average molecular weight is 267 g/mol. The number of aliphatic hydroxyl groups excluding tert-OH is 1. The van der Waals surface area contributed by atoms with Crippen molar-refractivity contribution in [2.75, 3.05) is 13.1 Å². The van der Waals surface area contributed by atoms with Gasteiger partial charge in [-0.1, -0.05) is 26.8 Å². The first-order valence-electron chi connectivity index (χ1n) is 7.09. The van der Waals surface area contributed by atoms with Crippen LogP contribution in [0.3, 0.4) is 0 Å². The van der Waals surface area contributed by atoms with Crippen molar-refractivity contribution in [2.45, 2.75) is 52.7 Å². The minimum Gasteiger partial charge on any atom is -0.386 e. The first kappa shape index (κ1) is 16.1. The quantitative estimate of drug-likeness (QED) is 0.850. The van der Waals surface area contributed by atoms with Crippen molar-refractivity contribution in [3.8, 4) is 0 Å². The fraction of sp³-hybridized carbons (Fsp3) is 0.625. The molecule has 0 saturated carbocycles. The summed E-state index contributed by atoms with van der Waals surface area (Å²) in [6, 6.07) is 4.60. The van der Waals surface area contributed by atoms with E-state index in [9.17, 15) is 9.50 Å². The molecule has 2 nitrogen and oxygen atoms in total. The molecule has 0 aromatic heterocycles. The normalized spacial score (nSPS) is 16.4. The first-order chi connectivity index (χ1) is 8.90. The van der Waals surface area contributed by atoms with Crippen LogP contribution in [0.2, 0.25) is 0 Å². The molecule has 0 radical (unpaired) electrons. The molecule has 0 amide bonds. The second kappa shape index (κ2) is 6.49. The largest absolute Gasteiger partial charge is 0.386 e. The fourth-order valence-electron chi connectivity index (χ4n) is 2.82. The van der Waals surface area contributed by atoms with Gasteiger partial charge in [0.2, 0.25) is 0 Å². The predicted molar refractivity (Wildman–Crippen MR) is 77.7 cm³/mol. The molecule has 0 aliphatic carbocycles. The van der Waals surface area contributed by atoms with Crippen LogP contribution in [0, 0.1) is 12.7 Å². The molecule has 0 heterocycles. The summed E-state index contributed by atoms with van der Waals surface area (Å²) in [7, 11) is 0. The van der Waals surface area contributed by atoms with Crippen LogP contribution in [0.25, 0.3) is 0 Å². The van der Waals surface area contributed by atoms with Gasteiger partial charge in [0.25, 0.3) is 0 Å². The van der Waals surface area contributed by atoms with Crippen LogP contribution in [0.15, 0.2) is 18.2 Å². The summed E-state index contributed by atoms with van der Waals surface area (Å²) < 4.78 is 13.2. The summed E-state index contributed by atoms with van der Waals surface area (Å²) in [5.41, 5.74) is 1.29. The molecule has 0 saturated heterocycles. The molecular formula is C16H26FNO. The second-order valence-electron chi connectivity index (χ2n) is 5.29. The molecule has 1 N–H and O–H groups in total. The van der Waals surface area contributed by atoms with Crippen LogP contribution in [0.5, 0.6) is 0 Å². The SMILES string of the molecule is CCN(CC)C(C)(CC)C(O)c1ccc(F)cc1C. The van der Waals surface area contributed by atoms with Crippen molar-refractivity contribution in [3.63, 3.8) is 0 Å². The average Bonchev–Trinajstić information content (AvgIpc) is 2.39. The maximum absolute atomic E-state index is 13.2. The fourth-order valence-corrected chi connectivity index (χ4v) is 2.82. The summed E-state index contributed by atoms with van der Waals surface area (Å²) in [6.45, 7) is 12.0. The van der Waals surface area contributed by atoms with E-state index in [0.29, 0.717) is 0 Å². The van der Waals surface area contributed by atoms with Gasteiger partial charge >= 0.3 is 0 Å². The van der Waals surface area contributed by atoms with Gasteiger partial charge in [-0.25, -0.2) is 4.39 Å². The zero-order valence-electron chi connectivity index (χ0n) is 12.7. The lowest BCUT2D eigenvalue weighted by molar-refractivity contribution is -0.0217. The minimum atomic E-state index is -0.613. The third kappa shape index (κ3) is 3.15. The molecule has 2 unspecified atom stereocenters. The number of likely N-dealkylation sites (N-methyl/N-ethyl adjacent to an activating group) is 1. The number of benzene rings is 1. The van der Waals surface area contributed by atoms with Gasteiger partial charge < -0.3 is 5.11 Å². The zero-order valence-corrected chi connectivity index (χ0v) is 12.7. The van der Waals surface area contributed by atoms with Crippen molar-refractivity contribution < 1.29 is 9.50 Å². The van der Waals surface area contributed by atoms with Crippen LogP contribution < -0.4 is 0 Å². The topological polar surface area (TPSA) is 23.5 Å². The van der Waals surface area contributed by atoms with E-state index < -0.39 is 6.10 Å². The highest BCUT2D eigenvalue weighted by molar-refractivity contribution is 5.30. The Hall–Kier alpha value is -0.930. The molecule has 0 fully saturated rings. The van der Waals surface area contributed by atoms with Crippen LogP contribution >= 0.6 is 0 Å². The molecule has 0 aliphatic heterocycles. The highest BCUT2D eigenvalue weighted by Gasteiger charge is 2.37. The summed E-state index contributed by atoms with van der Waals surface area (Å²) in [4.78, 5) is 2.26. The Morgan fingerprint density at radius 1 is 1.26 bits per heavy atom. The van der Waals surface area contributed by atoms with Gasteiger partial charge in [-0.05, 0) is 56.6 Å². The molecule has 108 valence electrons. The van der Waals surface area contributed by atoms with E-state index in [2.05, 4.69) is 32.6 Å². The first-order valence-corrected chi connectivity index (χ1v) is 7.09. The zero-order chi connectivity index (χ0) is 14.6. The number of aryl methyl sites for hydroxylation is 1. The van der Waals surface area contributed by atoms with E-state index in [1.807, 2.05) is 6.92 Å². The Balaban J connectivity index is 3.17. The molecule has 0 aliphatic rings. The molecule has 3 heteroatoms. The third-order valence-corrected chi connectivity index (χ3v) is 4.32. The Bertz CT molecular complexity index is 417. The maximum Gasteiger partial charge on any atom is 0.123 e. The van der Waals surface area contributed by atoms with Crippen LogP contribution in [0.1, 0.15) is 51.3 Å². The molecule has 1 aromatic carbocycles. The van der Waals surface area contributed by atoms with Crippen molar-refractivity contribution in [3.05, 3.63) is 35.1 Å². The Morgan fingerprint density at radius 3 is 2.26 bits per heavy atom. The van der Waals surface area contributed by atoms with Gasteiger partial charge in [0.1, 0.15) is 5.82 Å². The lowest BCUT2D eigenvalue weighted by Gasteiger charge is -2.44. The van der Waals surface area contributed by atoms with Gasteiger partial charge in [0.15, 0.2) is 0 Å². The Labute approximate surface area is 116 Å². The van der Waals surface area contributed by atoms with E-state index >= 15 is 0 Å². The standard InChI is InChI=1S/C16H26FNO/c1-6-16(5,18(7-2)8-3)15(19)14-10-9-13(17)11-12(14)4/h9-11,15,19H,6-8H2,1-5H3. The number of halogens is 1.